The molecule has 4 heterocycles. The van der Waals surface area contributed by atoms with Crippen LogP contribution >= 0.6 is 11.6 Å². The molecule has 3 aromatic carbocycles. The maximum atomic E-state index is 13.0. The van der Waals surface area contributed by atoms with Crippen LogP contribution in [0.2, 0.25) is 5.02 Å². The number of hydrogen-bond donors (Lipinski definition) is 2. The van der Waals surface area contributed by atoms with Gasteiger partial charge in [0.2, 0.25) is 0 Å². The topological polar surface area (TPSA) is 172 Å². The number of nitrogens with one attached hydrogen (secondary N) is 2. The molecule has 2 N–H and O–H groups in total. The summed E-state index contributed by atoms with van der Waals surface area (Å²) in [6, 6.07) is 26.1. The Labute approximate surface area is 365 Å². The number of aryl methyl sites for hydroxylation is 2. The van der Waals surface area contributed by atoms with Crippen molar-refractivity contribution in [1.29, 1.82) is 5.26 Å². The number of piperidine rings is 1. The highest BCUT2D eigenvalue weighted by Crippen LogP contribution is 2.38. The lowest BCUT2D eigenvalue weighted by molar-refractivity contribution is 0.0888. The first kappa shape index (κ1) is 42.5. The molecule has 1 amide bonds. The Bertz CT molecular complexity index is 2790. The summed E-state index contributed by atoms with van der Waals surface area (Å²) in [5.41, 5.74) is 4.33. The molecule has 320 valence electrons. The first-order chi connectivity index (χ1) is 29.9. The molecule has 0 spiro atoms. The van der Waals surface area contributed by atoms with E-state index in [1.807, 2.05) is 30.3 Å². The quantitative estimate of drug-likeness (QED) is 0.115. The first-order valence-corrected chi connectivity index (χ1v) is 23.3. The number of aromatic nitrogens is 4. The highest BCUT2D eigenvalue weighted by Gasteiger charge is 2.26. The van der Waals surface area contributed by atoms with Gasteiger partial charge in [-0.2, -0.15) is 5.26 Å². The smallest absolute Gasteiger partial charge is 0.274 e. The van der Waals surface area contributed by atoms with E-state index in [4.69, 9.17) is 26.3 Å². The molecule has 2 aliphatic rings. The normalized spacial score (nSPS) is 17.1. The van der Waals surface area contributed by atoms with Crippen molar-refractivity contribution in [3.63, 3.8) is 0 Å². The monoisotopic (exact) mass is 873 g/mol. The summed E-state index contributed by atoms with van der Waals surface area (Å²) in [6.07, 6.45) is 11.9. The number of amides is 1. The van der Waals surface area contributed by atoms with Gasteiger partial charge < -0.3 is 29.2 Å². The number of carbonyl (C=O) groups excluding carboxylic acids is 1. The van der Waals surface area contributed by atoms with Gasteiger partial charge in [0.1, 0.15) is 28.8 Å². The molecule has 8 rings (SSSR count). The third-order valence-electron chi connectivity index (χ3n) is 11.8. The van der Waals surface area contributed by atoms with E-state index < -0.39 is 9.84 Å². The van der Waals surface area contributed by atoms with Gasteiger partial charge in [0.05, 0.1) is 22.4 Å². The minimum absolute atomic E-state index is 0.0187. The summed E-state index contributed by atoms with van der Waals surface area (Å²) in [6.45, 7) is 1.74. The number of H-pyrrole nitrogens is 1. The van der Waals surface area contributed by atoms with Crippen molar-refractivity contribution in [2.24, 2.45) is 13.0 Å². The number of sulfone groups is 1. The van der Waals surface area contributed by atoms with Crippen molar-refractivity contribution in [1.82, 2.24) is 25.1 Å². The minimum Gasteiger partial charge on any atom is -0.490 e. The van der Waals surface area contributed by atoms with E-state index in [0.29, 0.717) is 56.1 Å². The van der Waals surface area contributed by atoms with Crippen molar-refractivity contribution in [2.45, 2.75) is 69.3 Å². The number of fused-ring (bicyclic) bond motifs is 1. The third-order valence-corrected chi connectivity index (χ3v) is 13.0. The van der Waals surface area contributed by atoms with Crippen LogP contribution < -0.4 is 25.2 Å². The number of rotatable bonds is 13. The maximum absolute atomic E-state index is 13.0. The van der Waals surface area contributed by atoms with Crippen LogP contribution in [0.4, 0.5) is 5.82 Å². The van der Waals surface area contributed by atoms with Gasteiger partial charge in [-0.3, -0.25) is 9.59 Å². The van der Waals surface area contributed by atoms with E-state index in [1.165, 1.54) is 16.4 Å². The van der Waals surface area contributed by atoms with Crippen LogP contribution in [0.25, 0.3) is 22.0 Å². The fourth-order valence-electron chi connectivity index (χ4n) is 8.48. The molecule has 1 aliphatic carbocycles. The van der Waals surface area contributed by atoms with Crippen molar-refractivity contribution in [3.8, 4) is 34.4 Å². The standard InChI is InChI=1S/C47H48ClN7O6S/c1-54-28-40(38-19-22-50-45(38)47(54)57)39-25-32(29-62(2,58)59)7-17-43(39)61-36-11-5-30(6-12-36)3-4-31-20-23-55(24-21-31)44-18-16-42(52-53-44)46(56)51-34-9-14-35(15-10-34)60-37-13-8-33(27-49)41(48)26-37/h5-8,11-13,16-19,22,25-26,28,31,34-35,50H,3-4,9-10,14-15,20-21,23-24,29H2,1-2H3,(H,51,56)/t34-,35-. The highest BCUT2D eigenvalue weighted by atomic mass is 35.5. The molecule has 15 heteroatoms. The van der Waals surface area contributed by atoms with E-state index in [-0.39, 0.29) is 29.4 Å². The summed E-state index contributed by atoms with van der Waals surface area (Å²) in [5, 5.41) is 22.0. The van der Waals surface area contributed by atoms with Crippen LogP contribution in [0.15, 0.2) is 96.1 Å². The number of ether oxygens (including phenoxy) is 2. The van der Waals surface area contributed by atoms with Gasteiger partial charge in [0.15, 0.2) is 21.3 Å². The van der Waals surface area contributed by atoms with Crippen LogP contribution in [-0.2, 0) is 29.1 Å². The van der Waals surface area contributed by atoms with E-state index in [9.17, 15) is 18.0 Å². The van der Waals surface area contributed by atoms with Gasteiger partial charge in [-0.05, 0) is 123 Å². The number of nitrogens with zero attached hydrogens (tertiary/aromatic N) is 5. The van der Waals surface area contributed by atoms with Crippen LogP contribution in [0.5, 0.6) is 17.2 Å². The molecular weight excluding hydrogens is 826 g/mol. The van der Waals surface area contributed by atoms with Crippen LogP contribution in [-0.4, -0.2) is 65.6 Å². The first-order valence-electron chi connectivity index (χ1n) is 20.9. The number of aromatic amines is 1. The van der Waals surface area contributed by atoms with Gasteiger partial charge in [0.25, 0.3) is 11.5 Å². The second-order valence-electron chi connectivity index (χ2n) is 16.4. The molecule has 6 aromatic rings. The Hall–Kier alpha value is -6.17. The fourth-order valence-corrected chi connectivity index (χ4v) is 9.47. The number of anilines is 1. The number of nitriles is 1. The molecule has 2 fully saturated rings. The SMILES string of the molecule is Cn1cc(-c2cc(CS(C)(=O)=O)ccc2Oc2ccc(CCC3CCN(c4ccc(C(=O)N[C@H]5CC[C@H](Oc6ccc(C#N)c(Cl)c6)CC5)nn4)CC3)cc2)c2cc[nH]c2c1=O. The molecule has 0 bridgehead atoms. The van der Waals surface area contributed by atoms with E-state index >= 15 is 0 Å². The van der Waals surface area contributed by atoms with Gasteiger partial charge in [-0.25, -0.2) is 8.42 Å². The summed E-state index contributed by atoms with van der Waals surface area (Å²) in [4.78, 5) is 31.1. The van der Waals surface area contributed by atoms with Crippen molar-refractivity contribution >= 4 is 44.1 Å². The second-order valence-corrected chi connectivity index (χ2v) is 19.0. The van der Waals surface area contributed by atoms with Crippen molar-refractivity contribution < 1.29 is 22.7 Å². The average molecular weight is 874 g/mol. The molecule has 0 atom stereocenters. The molecule has 1 aliphatic heterocycles. The Morgan fingerprint density at radius 2 is 1.66 bits per heavy atom. The second kappa shape index (κ2) is 18.4. The predicted octanol–water partition coefficient (Wildman–Crippen LogP) is 8.15. The Balaban J connectivity index is 0.805. The number of hydrogen-bond acceptors (Lipinski definition) is 10. The lowest BCUT2D eigenvalue weighted by Gasteiger charge is -2.32. The summed E-state index contributed by atoms with van der Waals surface area (Å²) in [7, 11) is -1.59. The van der Waals surface area contributed by atoms with Gasteiger partial charge in [0, 0.05) is 67.4 Å². The van der Waals surface area contributed by atoms with Crippen LogP contribution in [0, 0.1) is 17.2 Å². The van der Waals surface area contributed by atoms with Crippen LogP contribution in [0.3, 0.4) is 0 Å². The zero-order valence-electron chi connectivity index (χ0n) is 34.6. The largest absolute Gasteiger partial charge is 0.490 e. The number of benzene rings is 3. The van der Waals surface area contributed by atoms with Crippen molar-refractivity contribution in [2.75, 3.05) is 24.2 Å². The van der Waals surface area contributed by atoms with Crippen molar-refractivity contribution in [3.05, 3.63) is 129 Å². The Morgan fingerprint density at radius 1 is 0.919 bits per heavy atom. The fraction of sp³-hybridized carbons (Fsp3) is 0.340. The highest BCUT2D eigenvalue weighted by molar-refractivity contribution is 7.89. The van der Waals surface area contributed by atoms with Gasteiger partial charge in [-0.15, -0.1) is 10.2 Å². The van der Waals surface area contributed by atoms with Crippen LogP contribution in [0.1, 0.15) is 72.1 Å². The molecule has 1 saturated carbocycles. The molecule has 13 nitrogen and oxygen atoms in total. The zero-order valence-corrected chi connectivity index (χ0v) is 36.2. The Morgan fingerprint density at radius 3 is 2.35 bits per heavy atom. The minimum atomic E-state index is -3.28. The molecule has 0 radical (unpaired) electrons. The maximum Gasteiger partial charge on any atom is 0.274 e. The van der Waals surface area contributed by atoms with Gasteiger partial charge >= 0.3 is 0 Å². The molecule has 0 unspecified atom stereocenters. The van der Waals surface area contributed by atoms with E-state index in [2.05, 4.69) is 43.6 Å². The van der Waals surface area contributed by atoms with E-state index in [0.717, 1.165) is 81.2 Å². The predicted molar refractivity (Wildman–Crippen MR) is 240 cm³/mol. The third kappa shape index (κ3) is 10.1. The molecule has 1 saturated heterocycles. The molecule has 62 heavy (non-hydrogen) atoms. The average Bonchev–Trinajstić information content (AvgIpc) is 3.77. The zero-order chi connectivity index (χ0) is 43.4. The summed E-state index contributed by atoms with van der Waals surface area (Å²) in [5.74, 6) is 2.86. The number of carbonyl (C=O) groups is 1. The summed E-state index contributed by atoms with van der Waals surface area (Å²) >= 11 is 6.15. The van der Waals surface area contributed by atoms with Gasteiger partial charge in [-0.1, -0.05) is 29.8 Å². The molecule has 3 aromatic heterocycles. The lowest BCUT2D eigenvalue weighted by atomic mass is 9.90. The lowest BCUT2D eigenvalue weighted by Crippen LogP contribution is -2.40. The number of halogens is 1. The summed E-state index contributed by atoms with van der Waals surface area (Å²) < 4.78 is 38.4. The van der Waals surface area contributed by atoms with E-state index in [1.54, 1.807) is 55.8 Å². The Kier molecular flexibility index (Phi) is 12.6. The molecular formula is C47H48ClN7O6S. The number of pyridine rings is 1.